The van der Waals surface area contributed by atoms with Crippen LogP contribution in [0.2, 0.25) is 0 Å². The van der Waals surface area contributed by atoms with Crippen LogP contribution in [0.4, 0.5) is 0 Å². The number of rotatable bonds is 0. The van der Waals surface area contributed by atoms with Gasteiger partial charge in [0.05, 0.1) is 0 Å². The molecule has 2 radical (unpaired) electrons. The molecule has 62 valence electrons. The predicted octanol–water partition coefficient (Wildman–Crippen LogP) is 0.330. The average Bonchev–Trinajstić information content (AvgIpc) is 2.07. The number of fused-ring (bicyclic) bond motifs is 1. The normalized spacial score (nSPS) is 22.0. The Morgan fingerprint density at radius 1 is 1.42 bits per heavy atom. The van der Waals surface area contributed by atoms with E-state index in [4.69, 9.17) is 0 Å². The van der Waals surface area contributed by atoms with Crippen LogP contribution in [0.5, 0.6) is 0 Å². The summed E-state index contributed by atoms with van der Waals surface area (Å²) in [4.78, 5) is 0. The van der Waals surface area contributed by atoms with Gasteiger partial charge < -0.3 is 0 Å². The van der Waals surface area contributed by atoms with Gasteiger partial charge in [0.1, 0.15) is 0 Å². The molecule has 1 aromatic carbocycles. The second-order valence-electron chi connectivity index (χ2n) is 3.31. The van der Waals surface area contributed by atoms with Crippen LogP contribution in [0.1, 0.15) is 17.5 Å². The van der Waals surface area contributed by atoms with Crippen molar-refractivity contribution in [3.05, 3.63) is 29.3 Å². The summed E-state index contributed by atoms with van der Waals surface area (Å²) in [7, 11) is 0. The Morgan fingerprint density at radius 2 is 2.25 bits per heavy atom. The zero-order valence-electron chi connectivity index (χ0n) is 6.83. The number of aryl methyl sites for hydroxylation is 1. The summed E-state index contributed by atoms with van der Waals surface area (Å²) in [6.07, 6.45) is 2.66. The first kappa shape index (κ1) is 8.34. The number of benzene rings is 1. The molecule has 0 aliphatic heterocycles. The first-order valence-corrected chi connectivity index (χ1v) is 5.19. The summed E-state index contributed by atoms with van der Waals surface area (Å²) in [5.41, 5.74) is 2.76. The van der Waals surface area contributed by atoms with Crippen molar-refractivity contribution >= 4 is 21.2 Å². The molecule has 1 aromatic rings. The summed E-state index contributed by atoms with van der Waals surface area (Å²) < 4.78 is 1.26. The molecule has 1 aliphatic carbocycles. The molecule has 1 aliphatic rings. The standard InChI is InChI=1S/C10H11AsO/c11-10-3-1-2-7-4-5-8(12)6-9(7)10/h1-3,8,12H,4-6H2. The van der Waals surface area contributed by atoms with E-state index >= 15 is 0 Å². The Bertz CT molecular complexity index is 296. The summed E-state index contributed by atoms with van der Waals surface area (Å²) in [6.45, 7) is 0. The van der Waals surface area contributed by atoms with Crippen LogP contribution in [0.3, 0.4) is 0 Å². The summed E-state index contributed by atoms with van der Waals surface area (Å²) in [6, 6.07) is 6.35. The Kier molecular flexibility index (Phi) is 2.25. The molecule has 0 saturated heterocycles. The fraction of sp³-hybridized carbons (Fsp3) is 0.400. The van der Waals surface area contributed by atoms with Crippen molar-refractivity contribution in [2.75, 3.05) is 0 Å². The number of aliphatic hydroxyl groups excluding tert-OH is 1. The van der Waals surface area contributed by atoms with Crippen LogP contribution in [-0.2, 0) is 12.8 Å². The van der Waals surface area contributed by atoms with Gasteiger partial charge in [-0.15, -0.1) is 0 Å². The molecule has 0 fully saturated rings. The van der Waals surface area contributed by atoms with Crippen molar-refractivity contribution in [2.45, 2.75) is 25.4 Å². The van der Waals surface area contributed by atoms with Crippen molar-refractivity contribution in [3.63, 3.8) is 0 Å². The van der Waals surface area contributed by atoms with E-state index in [-0.39, 0.29) is 6.10 Å². The Morgan fingerprint density at radius 3 is 3.08 bits per heavy atom. The van der Waals surface area contributed by atoms with Crippen molar-refractivity contribution in [1.82, 2.24) is 0 Å². The van der Waals surface area contributed by atoms with Crippen molar-refractivity contribution in [2.24, 2.45) is 0 Å². The third-order valence-corrected chi connectivity index (χ3v) is 3.31. The molecular formula is C10H11AsO. The van der Waals surface area contributed by atoms with Gasteiger partial charge in [0.15, 0.2) is 0 Å². The van der Waals surface area contributed by atoms with Crippen molar-refractivity contribution < 1.29 is 5.11 Å². The van der Waals surface area contributed by atoms with E-state index in [2.05, 4.69) is 35.1 Å². The second-order valence-corrected chi connectivity index (χ2v) is 4.32. The van der Waals surface area contributed by atoms with Gasteiger partial charge in [0.2, 0.25) is 0 Å². The summed E-state index contributed by atoms with van der Waals surface area (Å²) in [5, 5.41) is 9.47. The van der Waals surface area contributed by atoms with Crippen LogP contribution in [0.25, 0.3) is 0 Å². The zero-order chi connectivity index (χ0) is 8.55. The van der Waals surface area contributed by atoms with Crippen LogP contribution >= 0.6 is 0 Å². The van der Waals surface area contributed by atoms with Gasteiger partial charge in [-0.1, -0.05) is 0 Å². The van der Waals surface area contributed by atoms with Gasteiger partial charge in [-0.2, -0.15) is 0 Å². The zero-order valence-corrected chi connectivity index (χ0v) is 8.70. The Hall–Kier alpha value is -0.262. The molecule has 1 unspecified atom stereocenters. The third-order valence-electron chi connectivity index (χ3n) is 2.43. The van der Waals surface area contributed by atoms with E-state index in [0.717, 1.165) is 19.3 Å². The third kappa shape index (κ3) is 1.44. The molecule has 2 heteroatoms. The van der Waals surface area contributed by atoms with Gasteiger partial charge in [0, 0.05) is 0 Å². The number of hydrogen-bond donors (Lipinski definition) is 1. The van der Waals surface area contributed by atoms with Gasteiger partial charge in [0.25, 0.3) is 0 Å². The second kappa shape index (κ2) is 3.24. The maximum atomic E-state index is 9.47. The topological polar surface area (TPSA) is 20.2 Å². The Balaban J connectivity index is 2.43. The number of aliphatic hydroxyl groups is 1. The van der Waals surface area contributed by atoms with Crippen LogP contribution in [0.15, 0.2) is 18.2 Å². The summed E-state index contributed by atoms with van der Waals surface area (Å²) in [5.74, 6) is 0. The van der Waals surface area contributed by atoms with E-state index < -0.39 is 0 Å². The van der Waals surface area contributed by atoms with E-state index in [9.17, 15) is 5.11 Å². The van der Waals surface area contributed by atoms with E-state index in [0.29, 0.717) is 0 Å². The first-order chi connectivity index (χ1) is 5.77. The van der Waals surface area contributed by atoms with E-state index in [1.165, 1.54) is 15.5 Å². The molecule has 1 atom stereocenters. The quantitative estimate of drug-likeness (QED) is 0.627. The molecule has 1 N–H and O–H groups in total. The fourth-order valence-corrected chi connectivity index (χ4v) is 2.42. The fourth-order valence-electron chi connectivity index (χ4n) is 1.75. The van der Waals surface area contributed by atoms with Gasteiger partial charge in [-0.05, 0) is 0 Å². The summed E-state index contributed by atoms with van der Waals surface area (Å²) >= 11 is 2.58. The molecule has 0 bridgehead atoms. The molecule has 0 saturated carbocycles. The van der Waals surface area contributed by atoms with Gasteiger partial charge >= 0.3 is 81.0 Å². The van der Waals surface area contributed by atoms with Gasteiger partial charge in [-0.25, -0.2) is 0 Å². The van der Waals surface area contributed by atoms with E-state index in [1.54, 1.807) is 0 Å². The van der Waals surface area contributed by atoms with Gasteiger partial charge in [-0.3, -0.25) is 0 Å². The molecule has 0 spiro atoms. The molecule has 0 amide bonds. The number of hydrogen-bond acceptors (Lipinski definition) is 1. The van der Waals surface area contributed by atoms with Crippen LogP contribution in [0, 0.1) is 0 Å². The van der Waals surface area contributed by atoms with E-state index in [1.807, 2.05) is 0 Å². The molecule has 0 aromatic heterocycles. The maximum absolute atomic E-state index is 9.47. The molecular weight excluding hydrogens is 211 g/mol. The van der Waals surface area contributed by atoms with Crippen LogP contribution < -0.4 is 4.35 Å². The molecule has 12 heavy (non-hydrogen) atoms. The van der Waals surface area contributed by atoms with Crippen molar-refractivity contribution in [3.8, 4) is 0 Å². The SMILES string of the molecule is OC1CCc2cccc([As])c2C1. The predicted molar refractivity (Wildman–Crippen MR) is 49.9 cm³/mol. The minimum absolute atomic E-state index is 0.122. The monoisotopic (exact) mass is 222 g/mol. The molecule has 2 rings (SSSR count). The average molecular weight is 222 g/mol. The van der Waals surface area contributed by atoms with Crippen LogP contribution in [-0.4, -0.2) is 28.1 Å². The van der Waals surface area contributed by atoms with Crippen molar-refractivity contribution in [1.29, 1.82) is 0 Å². The minimum atomic E-state index is -0.122. The first-order valence-electron chi connectivity index (χ1n) is 4.25. The molecule has 1 nitrogen and oxygen atoms in total. The molecule has 0 heterocycles. The Labute approximate surface area is 81.3 Å².